The van der Waals surface area contributed by atoms with Gasteiger partial charge < -0.3 is 15.0 Å². The average molecular weight is 222 g/mol. The SMILES string of the molecule is CC(N)Cc1cccn1CCC1CCCO1. The second-order valence-corrected chi connectivity index (χ2v) is 4.80. The second-order valence-electron chi connectivity index (χ2n) is 4.80. The summed E-state index contributed by atoms with van der Waals surface area (Å²) >= 11 is 0. The van der Waals surface area contributed by atoms with Gasteiger partial charge in [-0.3, -0.25) is 0 Å². The summed E-state index contributed by atoms with van der Waals surface area (Å²) in [5.74, 6) is 0. The van der Waals surface area contributed by atoms with Crippen LogP contribution in [0.25, 0.3) is 0 Å². The van der Waals surface area contributed by atoms with Gasteiger partial charge in [0.05, 0.1) is 6.10 Å². The summed E-state index contributed by atoms with van der Waals surface area (Å²) in [6.45, 7) is 4.06. The van der Waals surface area contributed by atoms with Crippen LogP contribution in [-0.2, 0) is 17.7 Å². The fourth-order valence-corrected chi connectivity index (χ4v) is 2.34. The van der Waals surface area contributed by atoms with Crippen molar-refractivity contribution in [1.29, 1.82) is 0 Å². The Morgan fingerprint density at radius 1 is 1.62 bits per heavy atom. The molecule has 0 aliphatic carbocycles. The van der Waals surface area contributed by atoms with E-state index >= 15 is 0 Å². The van der Waals surface area contributed by atoms with E-state index in [0.29, 0.717) is 6.10 Å². The molecular weight excluding hydrogens is 200 g/mol. The Hall–Kier alpha value is -0.800. The highest BCUT2D eigenvalue weighted by Crippen LogP contribution is 2.17. The lowest BCUT2D eigenvalue weighted by molar-refractivity contribution is 0.100. The van der Waals surface area contributed by atoms with E-state index in [2.05, 4.69) is 29.8 Å². The molecule has 0 aromatic carbocycles. The van der Waals surface area contributed by atoms with Gasteiger partial charge in [-0.25, -0.2) is 0 Å². The molecule has 0 bridgehead atoms. The first kappa shape index (κ1) is 11.7. The highest BCUT2D eigenvalue weighted by molar-refractivity contribution is 5.08. The lowest BCUT2D eigenvalue weighted by Crippen LogP contribution is -2.20. The van der Waals surface area contributed by atoms with E-state index in [-0.39, 0.29) is 6.04 Å². The van der Waals surface area contributed by atoms with Crippen LogP contribution < -0.4 is 5.73 Å². The molecule has 2 rings (SSSR count). The minimum atomic E-state index is 0.233. The third-order valence-corrected chi connectivity index (χ3v) is 3.17. The molecule has 1 aliphatic heterocycles. The van der Waals surface area contributed by atoms with Gasteiger partial charge in [0, 0.05) is 37.5 Å². The Kier molecular flexibility index (Phi) is 4.02. The molecule has 3 nitrogen and oxygen atoms in total. The van der Waals surface area contributed by atoms with E-state index in [9.17, 15) is 0 Å². The summed E-state index contributed by atoms with van der Waals surface area (Å²) in [5, 5.41) is 0. The highest BCUT2D eigenvalue weighted by Gasteiger charge is 2.15. The van der Waals surface area contributed by atoms with Crippen LogP contribution in [0.3, 0.4) is 0 Å². The summed E-state index contributed by atoms with van der Waals surface area (Å²) in [7, 11) is 0. The lowest BCUT2D eigenvalue weighted by Gasteiger charge is -2.13. The van der Waals surface area contributed by atoms with Crippen molar-refractivity contribution in [2.24, 2.45) is 5.73 Å². The molecule has 1 aliphatic rings. The van der Waals surface area contributed by atoms with Crippen molar-refractivity contribution in [1.82, 2.24) is 4.57 Å². The largest absolute Gasteiger partial charge is 0.378 e. The first-order valence-electron chi connectivity index (χ1n) is 6.27. The zero-order chi connectivity index (χ0) is 11.4. The van der Waals surface area contributed by atoms with Crippen LogP contribution in [0.5, 0.6) is 0 Å². The van der Waals surface area contributed by atoms with Crippen molar-refractivity contribution in [3.05, 3.63) is 24.0 Å². The summed E-state index contributed by atoms with van der Waals surface area (Å²) in [6.07, 6.45) is 7.16. The zero-order valence-electron chi connectivity index (χ0n) is 10.1. The van der Waals surface area contributed by atoms with Crippen molar-refractivity contribution in [3.8, 4) is 0 Å². The summed E-state index contributed by atoms with van der Waals surface area (Å²) < 4.78 is 7.94. The molecule has 2 unspecified atom stereocenters. The molecule has 1 aromatic heterocycles. The minimum absolute atomic E-state index is 0.233. The summed E-state index contributed by atoms with van der Waals surface area (Å²) in [4.78, 5) is 0. The van der Waals surface area contributed by atoms with E-state index in [1.165, 1.54) is 18.5 Å². The van der Waals surface area contributed by atoms with Crippen LogP contribution in [0.4, 0.5) is 0 Å². The van der Waals surface area contributed by atoms with Crippen molar-refractivity contribution in [2.75, 3.05) is 6.61 Å². The van der Waals surface area contributed by atoms with E-state index in [1.807, 2.05) is 0 Å². The molecule has 0 spiro atoms. The lowest BCUT2D eigenvalue weighted by atomic mass is 10.1. The van der Waals surface area contributed by atoms with Crippen LogP contribution in [0.15, 0.2) is 18.3 Å². The van der Waals surface area contributed by atoms with Gasteiger partial charge in [-0.15, -0.1) is 0 Å². The van der Waals surface area contributed by atoms with Crippen LogP contribution >= 0.6 is 0 Å². The topological polar surface area (TPSA) is 40.2 Å². The van der Waals surface area contributed by atoms with E-state index in [0.717, 1.165) is 26.0 Å². The zero-order valence-corrected chi connectivity index (χ0v) is 10.1. The van der Waals surface area contributed by atoms with Crippen LogP contribution in [0, 0.1) is 0 Å². The first-order valence-corrected chi connectivity index (χ1v) is 6.27. The quantitative estimate of drug-likeness (QED) is 0.827. The van der Waals surface area contributed by atoms with Crippen molar-refractivity contribution in [3.63, 3.8) is 0 Å². The predicted molar refractivity (Wildman–Crippen MR) is 65.4 cm³/mol. The maximum absolute atomic E-state index is 5.83. The Morgan fingerprint density at radius 2 is 2.50 bits per heavy atom. The summed E-state index contributed by atoms with van der Waals surface area (Å²) in [5.41, 5.74) is 7.17. The van der Waals surface area contributed by atoms with Gasteiger partial charge in [-0.1, -0.05) is 0 Å². The van der Waals surface area contributed by atoms with Gasteiger partial charge in [0.1, 0.15) is 0 Å². The third kappa shape index (κ3) is 3.09. The fraction of sp³-hybridized carbons (Fsp3) is 0.692. The van der Waals surface area contributed by atoms with E-state index in [4.69, 9.17) is 10.5 Å². The van der Waals surface area contributed by atoms with Gasteiger partial charge in [0.25, 0.3) is 0 Å². The first-order chi connectivity index (χ1) is 7.75. The molecule has 1 fully saturated rings. The Bertz CT molecular complexity index is 313. The number of aromatic nitrogens is 1. The molecule has 0 amide bonds. The molecule has 0 saturated carbocycles. The number of ether oxygens (including phenoxy) is 1. The molecular formula is C13H22N2O. The van der Waals surface area contributed by atoms with Crippen LogP contribution in [-0.4, -0.2) is 23.3 Å². The molecule has 2 atom stereocenters. The van der Waals surface area contributed by atoms with E-state index < -0.39 is 0 Å². The van der Waals surface area contributed by atoms with Gasteiger partial charge >= 0.3 is 0 Å². The molecule has 2 heterocycles. The molecule has 90 valence electrons. The van der Waals surface area contributed by atoms with E-state index in [1.54, 1.807) is 0 Å². The predicted octanol–water partition coefficient (Wildman–Crippen LogP) is 1.95. The maximum atomic E-state index is 5.83. The normalized spacial score (nSPS) is 22.5. The molecule has 1 aromatic rings. The molecule has 2 N–H and O–H groups in total. The number of nitrogens with two attached hydrogens (primary N) is 1. The van der Waals surface area contributed by atoms with Crippen molar-refractivity contribution in [2.45, 2.75) is 51.3 Å². The number of hydrogen-bond acceptors (Lipinski definition) is 2. The Morgan fingerprint density at radius 3 is 3.19 bits per heavy atom. The number of rotatable bonds is 5. The Labute approximate surface area is 97.6 Å². The molecule has 3 heteroatoms. The minimum Gasteiger partial charge on any atom is -0.378 e. The average Bonchev–Trinajstić information content (AvgIpc) is 2.84. The van der Waals surface area contributed by atoms with Crippen LogP contribution in [0.2, 0.25) is 0 Å². The van der Waals surface area contributed by atoms with Crippen molar-refractivity contribution >= 4 is 0 Å². The van der Waals surface area contributed by atoms with Crippen molar-refractivity contribution < 1.29 is 4.74 Å². The third-order valence-electron chi connectivity index (χ3n) is 3.17. The number of aryl methyl sites for hydroxylation is 1. The highest BCUT2D eigenvalue weighted by atomic mass is 16.5. The smallest absolute Gasteiger partial charge is 0.0593 e. The fourth-order valence-electron chi connectivity index (χ4n) is 2.34. The van der Waals surface area contributed by atoms with Gasteiger partial charge in [-0.2, -0.15) is 0 Å². The van der Waals surface area contributed by atoms with Crippen LogP contribution in [0.1, 0.15) is 31.9 Å². The monoisotopic (exact) mass is 222 g/mol. The van der Waals surface area contributed by atoms with Gasteiger partial charge in [0.2, 0.25) is 0 Å². The standard InChI is InChI=1S/C13H22N2O/c1-11(14)10-12-4-2-7-15(12)8-6-13-5-3-9-16-13/h2,4,7,11,13H,3,5-6,8-10,14H2,1H3. The number of nitrogens with zero attached hydrogens (tertiary/aromatic N) is 1. The second kappa shape index (κ2) is 5.51. The number of hydrogen-bond donors (Lipinski definition) is 1. The molecule has 0 radical (unpaired) electrons. The van der Waals surface area contributed by atoms with Gasteiger partial charge in [-0.05, 0) is 38.3 Å². The summed E-state index contributed by atoms with van der Waals surface area (Å²) in [6, 6.07) is 4.50. The maximum Gasteiger partial charge on any atom is 0.0593 e. The Balaban J connectivity index is 1.85. The molecule has 1 saturated heterocycles. The molecule has 16 heavy (non-hydrogen) atoms. The van der Waals surface area contributed by atoms with Gasteiger partial charge in [0.15, 0.2) is 0 Å².